The van der Waals surface area contributed by atoms with Gasteiger partial charge in [0.1, 0.15) is 0 Å². The third kappa shape index (κ3) is 4.37. The van der Waals surface area contributed by atoms with Gasteiger partial charge in [-0.25, -0.2) is 8.78 Å². The van der Waals surface area contributed by atoms with Crippen LogP contribution in [0.4, 0.5) is 8.78 Å². The van der Waals surface area contributed by atoms with Crippen molar-refractivity contribution in [2.24, 2.45) is 0 Å². The molecule has 1 aliphatic rings. The van der Waals surface area contributed by atoms with Crippen LogP contribution in [0.5, 0.6) is 0 Å². The molecule has 0 bridgehead atoms. The summed E-state index contributed by atoms with van der Waals surface area (Å²) >= 11 is 3.91. The normalized spacial score (nSPS) is 20.9. The molecule has 0 aliphatic carbocycles. The Balaban J connectivity index is 2.07. The molecule has 1 heterocycles. The molecule has 0 spiro atoms. The van der Waals surface area contributed by atoms with Crippen molar-refractivity contribution in [3.8, 4) is 0 Å². The number of thioether (sulfide) groups is 2. The summed E-state index contributed by atoms with van der Waals surface area (Å²) < 4.78 is 27.2. The molecule has 112 valence electrons. The van der Waals surface area contributed by atoms with E-state index in [-0.39, 0.29) is 6.04 Å². The van der Waals surface area contributed by atoms with E-state index in [4.69, 9.17) is 0 Å². The molecule has 0 amide bonds. The predicted molar refractivity (Wildman–Crippen MR) is 85.7 cm³/mol. The Morgan fingerprint density at radius 1 is 1.35 bits per heavy atom. The van der Waals surface area contributed by atoms with Gasteiger partial charge in [-0.1, -0.05) is 19.1 Å². The van der Waals surface area contributed by atoms with E-state index < -0.39 is 11.6 Å². The molecular formula is C15H21F2NS2. The Morgan fingerprint density at radius 3 is 2.90 bits per heavy atom. The molecule has 1 fully saturated rings. The maximum absolute atomic E-state index is 13.8. The predicted octanol–water partition coefficient (Wildman–Crippen LogP) is 3.72. The quantitative estimate of drug-likeness (QED) is 0.859. The molecule has 1 nitrogen and oxygen atoms in total. The van der Waals surface area contributed by atoms with Crippen LogP contribution in [0.1, 0.15) is 18.9 Å². The summed E-state index contributed by atoms with van der Waals surface area (Å²) in [6.07, 6.45) is 1.61. The highest BCUT2D eigenvalue weighted by molar-refractivity contribution is 8.06. The smallest absolute Gasteiger partial charge is 0.162 e. The number of benzene rings is 1. The number of hydrogen-bond acceptors (Lipinski definition) is 3. The molecule has 0 saturated carbocycles. The van der Waals surface area contributed by atoms with Crippen LogP contribution in [0.3, 0.4) is 0 Å². The van der Waals surface area contributed by atoms with Crippen molar-refractivity contribution in [1.82, 2.24) is 5.32 Å². The molecule has 1 aromatic rings. The van der Waals surface area contributed by atoms with E-state index in [1.807, 2.05) is 23.5 Å². The summed E-state index contributed by atoms with van der Waals surface area (Å²) in [6, 6.07) is 4.68. The van der Waals surface area contributed by atoms with Crippen molar-refractivity contribution in [3.05, 3.63) is 35.4 Å². The van der Waals surface area contributed by atoms with Gasteiger partial charge >= 0.3 is 0 Å². The average Bonchev–Trinajstić information content (AvgIpc) is 2.48. The monoisotopic (exact) mass is 317 g/mol. The van der Waals surface area contributed by atoms with Crippen LogP contribution in [0.2, 0.25) is 0 Å². The summed E-state index contributed by atoms with van der Waals surface area (Å²) in [5.41, 5.74) is 0.481. The van der Waals surface area contributed by atoms with E-state index in [1.54, 1.807) is 12.1 Å². The molecular weight excluding hydrogens is 296 g/mol. The SMILES string of the molecule is CCCNC(Cc1cccc(F)c1F)C1CSCCS1. The lowest BCUT2D eigenvalue weighted by Gasteiger charge is -2.30. The van der Waals surface area contributed by atoms with Gasteiger partial charge in [-0.15, -0.1) is 0 Å². The second kappa shape index (κ2) is 8.25. The molecule has 0 aromatic heterocycles. The Hall–Kier alpha value is -0.260. The molecule has 1 aromatic carbocycles. The van der Waals surface area contributed by atoms with Crippen molar-refractivity contribution in [1.29, 1.82) is 0 Å². The van der Waals surface area contributed by atoms with Crippen LogP contribution in [-0.4, -0.2) is 35.1 Å². The lowest BCUT2D eigenvalue weighted by atomic mass is 10.0. The Morgan fingerprint density at radius 2 is 2.20 bits per heavy atom. The summed E-state index contributed by atoms with van der Waals surface area (Å²) in [6.45, 7) is 3.04. The molecule has 2 atom stereocenters. The first-order chi connectivity index (χ1) is 9.72. The minimum Gasteiger partial charge on any atom is -0.313 e. The third-order valence-corrected chi connectivity index (χ3v) is 6.34. The van der Waals surface area contributed by atoms with Crippen molar-refractivity contribution < 1.29 is 8.78 Å². The molecule has 1 saturated heterocycles. The molecule has 1 N–H and O–H groups in total. The van der Waals surface area contributed by atoms with Gasteiger partial charge < -0.3 is 5.32 Å². The van der Waals surface area contributed by atoms with Crippen LogP contribution in [0, 0.1) is 11.6 Å². The van der Waals surface area contributed by atoms with E-state index >= 15 is 0 Å². The van der Waals surface area contributed by atoms with Crippen molar-refractivity contribution in [2.75, 3.05) is 23.8 Å². The zero-order valence-corrected chi connectivity index (χ0v) is 13.3. The van der Waals surface area contributed by atoms with Gasteiger partial charge in [-0.05, 0) is 31.0 Å². The lowest BCUT2D eigenvalue weighted by molar-refractivity contribution is 0.469. The Kier molecular flexibility index (Phi) is 6.65. The van der Waals surface area contributed by atoms with Crippen LogP contribution in [0.25, 0.3) is 0 Å². The Labute approximate surface area is 128 Å². The van der Waals surface area contributed by atoms with Crippen LogP contribution in [0.15, 0.2) is 18.2 Å². The van der Waals surface area contributed by atoms with Crippen LogP contribution >= 0.6 is 23.5 Å². The molecule has 2 unspecified atom stereocenters. The van der Waals surface area contributed by atoms with Gasteiger partial charge in [-0.2, -0.15) is 23.5 Å². The first-order valence-electron chi connectivity index (χ1n) is 7.08. The van der Waals surface area contributed by atoms with E-state index in [0.29, 0.717) is 17.2 Å². The fourth-order valence-electron chi connectivity index (χ4n) is 2.35. The molecule has 20 heavy (non-hydrogen) atoms. The summed E-state index contributed by atoms with van der Waals surface area (Å²) in [4.78, 5) is 0. The highest BCUT2D eigenvalue weighted by Crippen LogP contribution is 2.28. The first kappa shape index (κ1) is 16.1. The standard InChI is InChI=1S/C15H21F2NS2/c1-2-6-18-13(14-10-19-7-8-20-14)9-11-4-3-5-12(16)15(11)17/h3-5,13-14,18H,2,6-10H2,1H3. The zero-order chi connectivity index (χ0) is 14.4. The minimum absolute atomic E-state index is 0.212. The fourth-order valence-corrected chi connectivity index (χ4v) is 5.23. The van der Waals surface area contributed by atoms with Crippen molar-refractivity contribution >= 4 is 23.5 Å². The van der Waals surface area contributed by atoms with E-state index in [2.05, 4.69) is 12.2 Å². The molecule has 0 radical (unpaired) electrons. The van der Waals surface area contributed by atoms with Gasteiger partial charge in [0.05, 0.1) is 0 Å². The maximum atomic E-state index is 13.8. The minimum atomic E-state index is -0.748. The highest BCUT2D eigenvalue weighted by Gasteiger charge is 2.25. The second-order valence-electron chi connectivity index (χ2n) is 4.96. The van der Waals surface area contributed by atoms with Gasteiger partial charge in [0.15, 0.2) is 11.6 Å². The van der Waals surface area contributed by atoms with Crippen LogP contribution in [-0.2, 0) is 6.42 Å². The van der Waals surface area contributed by atoms with Gasteiger partial charge in [0.2, 0.25) is 0 Å². The van der Waals surface area contributed by atoms with Crippen LogP contribution < -0.4 is 5.32 Å². The summed E-state index contributed by atoms with van der Waals surface area (Å²) in [5, 5.41) is 3.99. The largest absolute Gasteiger partial charge is 0.313 e. The number of halogens is 2. The van der Waals surface area contributed by atoms with Gasteiger partial charge in [0, 0.05) is 28.6 Å². The van der Waals surface area contributed by atoms with Crippen molar-refractivity contribution in [3.63, 3.8) is 0 Å². The summed E-state index contributed by atoms with van der Waals surface area (Å²) in [5.74, 6) is 1.98. The number of hydrogen-bond donors (Lipinski definition) is 1. The molecule has 1 aliphatic heterocycles. The molecule has 2 rings (SSSR count). The fraction of sp³-hybridized carbons (Fsp3) is 0.600. The Bertz CT molecular complexity index is 422. The number of nitrogens with one attached hydrogen (secondary N) is 1. The van der Waals surface area contributed by atoms with E-state index in [1.165, 1.54) is 11.8 Å². The van der Waals surface area contributed by atoms with Gasteiger partial charge in [0.25, 0.3) is 0 Å². The third-order valence-electron chi connectivity index (χ3n) is 3.42. The van der Waals surface area contributed by atoms with Gasteiger partial charge in [-0.3, -0.25) is 0 Å². The summed E-state index contributed by atoms with van der Waals surface area (Å²) in [7, 11) is 0. The van der Waals surface area contributed by atoms with E-state index in [9.17, 15) is 8.78 Å². The lowest BCUT2D eigenvalue weighted by Crippen LogP contribution is -2.43. The maximum Gasteiger partial charge on any atom is 0.162 e. The highest BCUT2D eigenvalue weighted by atomic mass is 32.2. The zero-order valence-electron chi connectivity index (χ0n) is 11.7. The topological polar surface area (TPSA) is 12.0 Å². The molecule has 5 heteroatoms. The van der Waals surface area contributed by atoms with E-state index in [0.717, 1.165) is 24.5 Å². The number of rotatable bonds is 6. The first-order valence-corrected chi connectivity index (χ1v) is 9.28. The average molecular weight is 317 g/mol. The van der Waals surface area contributed by atoms with Crippen molar-refractivity contribution in [2.45, 2.75) is 31.1 Å². The second-order valence-corrected chi connectivity index (χ2v) is 7.46.